The van der Waals surface area contributed by atoms with Crippen molar-refractivity contribution in [2.45, 2.75) is 49.4 Å². The average molecular weight is 547 g/mol. The summed E-state index contributed by atoms with van der Waals surface area (Å²) in [5.74, 6) is 0. The SMILES string of the molecule is CC1=[C-][CH]([SnH3])C(C)=C1C.CC1=[C-][CH]([SnH3])C(C)=C1C.[Zr+2]. The molecule has 2 aliphatic carbocycles. The number of hydrogen-bond acceptors (Lipinski definition) is 0. The first-order valence-electron chi connectivity index (χ1n) is 6.81. The molecule has 19 heavy (non-hydrogen) atoms. The van der Waals surface area contributed by atoms with Gasteiger partial charge in [-0.15, -0.1) is 0 Å². The molecule has 0 N–H and O–H groups in total. The van der Waals surface area contributed by atoms with Gasteiger partial charge in [0.05, 0.1) is 0 Å². The van der Waals surface area contributed by atoms with Crippen molar-refractivity contribution in [3.05, 3.63) is 45.6 Å². The Balaban J connectivity index is 0.000000324. The first-order chi connectivity index (χ1) is 8.25. The van der Waals surface area contributed by atoms with Crippen LogP contribution in [-0.2, 0) is 26.2 Å². The standard InChI is InChI=1S/2C8H10.2Sn.Zr.6H/c2*1-6-4-5-7(2)8(6)3;;;;;;;;;/h2*4H,1-3H3;;;;;;;;;/q2*-1;;;+2;;;;;;. The van der Waals surface area contributed by atoms with E-state index < -0.39 is 0 Å². The molecule has 0 amide bonds. The van der Waals surface area contributed by atoms with Crippen LogP contribution in [0.3, 0.4) is 0 Å². The molecule has 0 aromatic heterocycles. The van der Waals surface area contributed by atoms with E-state index in [0.29, 0.717) is 0 Å². The zero-order chi connectivity index (χ0) is 14.0. The molecule has 0 aromatic rings. The molecule has 0 fully saturated rings. The summed E-state index contributed by atoms with van der Waals surface area (Å²) in [7, 11) is 0. The molecule has 2 unspecified atom stereocenters. The van der Waals surface area contributed by atoms with Gasteiger partial charge in [-0.3, -0.25) is 0 Å². The van der Waals surface area contributed by atoms with Crippen molar-refractivity contribution in [3.8, 4) is 0 Å². The van der Waals surface area contributed by atoms with Crippen LogP contribution in [0.25, 0.3) is 0 Å². The molecule has 0 radical (unpaired) electrons. The molecule has 0 heterocycles. The van der Waals surface area contributed by atoms with Gasteiger partial charge in [0.1, 0.15) is 0 Å². The van der Waals surface area contributed by atoms with Crippen LogP contribution in [0.5, 0.6) is 0 Å². The van der Waals surface area contributed by atoms with Crippen LogP contribution in [0, 0.1) is 12.2 Å². The van der Waals surface area contributed by atoms with Crippen molar-refractivity contribution in [3.63, 3.8) is 0 Å². The molecule has 0 aliphatic heterocycles. The zero-order valence-electron chi connectivity index (χ0n) is 13.7. The zero-order valence-corrected chi connectivity index (χ0v) is 27.5. The molecule has 3 heteroatoms. The van der Waals surface area contributed by atoms with Crippen LogP contribution in [0.4, 0.5) is 0 Å². The molecule has 0 nitrogen and oxygen atoms in total. The van der Waals surface area contributed by atoms with Crippen molar-refractivity contribution < 1.29 is 26.2 Å². The van der Waals surface area contributed by atoms with Crippen LogP contribution in [0.15, 0.2) is 33.4 Å². The first kappa shape index (κ1) is 20.4. The van der Waals surface area contributed by atoms with Crippen LogP contribution < -0.4 is 0 Å². The maximum Gasteiger partial charge on any atom is 2.00 e. The monoisotopic (exact) mass is 548 g/mol. The fraction of sp³-hybridized carbons (Fsp3) is 0.500. The van der Waals surface area contributed by atoms with E-state index in [0.717, 1.165) is 52.9 Å². The van der Waals surface area contributed by atoms with E-state index in [1.807, 2.05) is 0 Å². The number of rotatable bonds is 0. The summed E-state index contributed by atoms with van der Waals surface area (Å²) in [6, 6.07) is 0. The second kappa shape index (κ2) is 8.78. The fourth-order valence-corrected chi connectivity index (χ4v) is 7.27. The van der Waals surface area contributed by atoms with Gasteiger partial charge < -0.3 is 0 Å². The Morgan fingerprint density at radius 2 is 0.947 bits per heavy atom. The van der Waals surface area contributed by atoms with Crippen molar-refractivity contribution >= 4 is 45.0 Å². The van der Waals surface area contributed by atoms with Crippen molar-refractivity contribution in [2.24, 2.45) is 0 Å². The van der Waals surface area contributed by atoms with Gasteiger partial charge >= 0.3 is 166 Å². The third kappa shape index (κ3) is 5.29. The van der Waals surface area contributed by atoms with Crippen LogP contribution in [-0.4, -0.2) is 45.0 Å². The van der Waals surface area contributed by atoms with Crippen LogP contribution in [0.2, 0.25) is 7.87 Å². The van der Waals surface area contributed by atoms with E-state index in [4.69, 9.17) is 0 Å². The molecule has 2 rings (SSSR count). The molecule has 2 aliphatic rings. The largest absolute Gasteiger partial charge is 2.00 e. The molecular weight excluding hydrogens is 521 g/mol. The summed E-state index contributed by atoms with van der Waals surface area (Å²) in [4.78, 5) is 0. The molecule has 102 valence electrons. The minimum Gasteiger partial charge on any atom is 2.00 e. The molecule has 0 saturated heterocycles. The molecule has 0 saturated carbocycles. The quantitative estimate of drug-likeness (QED) is 0.324. The minimum atomic E-state index is 0. The van der Waals surface area contributed by atoms with E-state index in [1.54, 1.807) is 11.1 Å². The van der Waals surface area contributed by atoms with Crippen LogP contribution in [0.1, 0.15) is 41.5 Å². The second-order valence-electron chi connectivity index (χ2n) is 5.60. The smallest absolute Gasteiger partial charge is 2.00 e. The van der Waals surface area contributed by atoms with Crippen molar-refractivity contribution in [1.82, 2.24) is 0 Å². The summed E-state index contributed by atoms with van der Waals surface area (Å²) >= 11 is 1.46. The van der Waals surface area contributed by atoms with E-state index in [2.05, 4.69) is 53.7 Å². The fourth-order valence-electron chi connectivity index (χ4n) is 2.32. The van der Waals surface area contributed by atoms with E-state index in [-0.39, 0.29) is 26.2 Å². The van der Waals surface area contributed by atoms with Gasteiger partial charge in [0.25, 0.3) is 0 Å². The molecule has 0 aromatic carbocycles. The summed E-state index contributed by atoms with van der Waals surface area (Å²) < 4.78 is 1.54. The topological polar surface area (TPSA) is 0 Å². The predicted molar refractivity (Wildman–Crippen MR) is 89.0 cm³/mol. The second-order valence-corrected chi connectivity index (χ2v) is 12.2. The van der Waals surface area contributed by atoms with Gasteiger partial charge in [-0.1, -0.05) is 0 Å². The third-order valence-electron chi connectivity index (χ3n) is 4.47. The Bertz CT molecular complexity index is 423. The number of hydrogen-bond donors (Lipinski definition) is 0. The van der Waals surface area contributed by atoms with Gasteiger partial charge in [-0.25, -0.2) is 0 Å². The van der Waals surface area contributed by atoms with Gasteiger partial charge in [0, 0.05) is 0 Å². The Labute approximate surface area is 164 Å². The van der Waals surface area contributed by atoms with Gasteiger partial charge in [-0.05, 0) is 0 Å². The van der Waals surface area contributed by atoms with E-state index in [9.17, 15) is 0 Å². The summed E-state index contributed by atoms with van der Waals surface area (Å²) in [5, 5.41) is 0. The molecular formula is C16H26Sn2Zr. The summed E-state index contributed by atoms with van der Waals surface area (Å²) in [6.07, 6.45) is 6.90. The van der Waals surface area contributed by atoms with Gasteiger partial charge in [0.2, 0.25) is 0 Å². The third-order valence-corrected chi connectivity index (χ3v) is 11.1. The number of allylic oxidation sites excluding steroid dienone is 8. The van der Waals surface area contributed by atoms with Crippen molar-refractivity contribution in [1.29, 1.82) is 0 Å². The molecule has 2 atom stereocenters. The molecule has 0 spiro atoms. The maximum atomic E-state index is 3.45. The van der Waals surface area contributed by atoms with Gasteiger partial charge in [0.15, 0.2) is 0 Å². The summed E-state index contributed by atoms with van der Waals surface area (Å²) in [5.41, 5.74) is 8.89. The Morgan fingerprint density at radius 1 is 0.684 bits per heavy atom. The minimum absolute atomic E-state index is 0. The first-order valence-corrected chi connectivity index (χ1v) is 13.4. The summed E-state index contributed by atoms with van der Waals surface area (Å²) in [6.45, 7) is 13.2. The normalized spacial score (nSPS) is 26.0. The van der Waals surface area contributed by atoms with E-state index >= 15 is 0 Å². The molecule has 0 bridgehead atoms. The Kier molecular flexibility index (Phi) is 9.45. The van der Waals surface area contributed by atoms with Crippen LogP contribution >= 0.6 is 0 Å². The Hall–Kier alpha value is 1.44. The maximum absolute atomic E-state index is 3.45. The van der Waals surface area contributed by atoms with Crippen molar-refractivity contribution in [2.75, 3.05) is 0 Å². The van der Waals surface area contributed by atoms with Gasteiger partial charge in [-0.2, -0.15) is 0 Å². The average Bonchev–Trinajstić information content (AvgIpc) is 2.66. The predicted octanol–water partition coefficient (Wildman–Crippen LogP) is 2.48. The van der Waals surface area contributed by atoms with E-state index in [1.165, 1.54) is 22.3 Å². The Morgan fingerprint density at radius 3 is 1.00 bits per heavy atom.